The number of morpholine rings is 1. The first kappa shape index (κ1) is 16.8. The van der Waals surface area contributed by atoms with Crippen LogP contribution in [0.3, 0.4) is 0 Å². The molecular weight excluding hydrogens is 320 g/mol. The van der Waals surface area contributed by atoms with Crippen molar-refractivity contribution < 1.29 is 9.53 Å². The number of aryl methyl sites for hydroxylation is 1. The van der Waals surface area contributed by atoms with Crippen LogP contribution in [-0.4, -0.2) is 88.0 Å². The highest BCUT2D eigenvalue weighted by molar-refractivity contribution is 5.74. The lowest BCUT2D eigenvalue weighted by molar-refractivity contribution is 0.0363. The van der Waals surface area contributed by atoms with E-state index in [9.17, 15) is 4.79 Å². The van der Waals surface area contributed by atoms with Crippen LogP contribution < -0.4 is 0 Å². The van der Waals surface area contributed by atoms with Crippen molar-refractivity contribution in [3.63, 3.8) is 0 Å². The molecule has 0 aliphatic carbocycles. The number of nitrogens with zero attached hydrogens (tertiary/aromatic N) is 6. The number of aromatic nitrogens is 3. The Morgan fingerprint density at radius 2 is 2.04 bits per heavy atom. The van der Waals surface area contributed by atoms with Crippen LogP contribution in [0.4, 0.5) is 4.79 Å². The molecule has 2 amide bonds. The number of rotatable bonds is 3. The predicted molar refractivity (Wildman–Crippen MR) is 92.2 cm³/mol. The first-order valence-electron chi connectivity index (χ1n) is 9.45. The average Bonchev–Trinajstić information content (AvgIpc) is 3.27. The normalized spacial score (nSPS) is 24.4. The Hall–Kier alpha value is -1.67. The van der Waals surface area contributed by atoms with Crippen molar-refractivity contribution in [2.75, 3.05) is 46.4 Å². The summed E-state index contributed by atoms with van der Waals surface area (Å²) in [5, 5.41) is 8.69. The van der Waals surface area contributed by atoms with Gasteiger partial charge in [0, 0.05) is 45.7 Å². The highest BCUT2D eigenvalue weighted by Gasteiger charge is 2.30. The zero-order valence-electron chi connectivity index (χ0n) is 15.1. The summed E-state index contributed by atoms with van der Waals surface area (Å²) < 4.78 is 7.62. The molecule has 0 bridgehead atoms. The molecule has 0 saturated carbocycles. The molecule has 2 saturated heterocycles. The minimum absolute atomic E-state index is 0.138. The van der Waals surface area contributed by atoms with E-state index < -0.39 is 0 Å². The van der Waals surface area contributed by atoms with Crippen molar-refractivity contribution in [1.29, 1.82) is 0 Å². The molecule has 0 spiro atoms. The van der Waals surface area contributed by atoms with Gasteiger partial charge in [-0.3, -0.25) is 4.90 Å². The Morgan fingerprint density at radius 3 is 2.88 bits per heavy atom. The molecule has 2 fully saturated rings. The van der Waals surface area contributed by atoms with E-state index in [0.717, 1.165) is 57.1 Å². The monoisotopic (exact) mass is 348 g/mol. The lowest BCUT2D eigenvalue weighted by Crippen LogP contribution is -2.54. The predicted octanol–water partition coefficient (Wildman–Crippen LogP) is 0.573. The number of ether oxygens (including phenoxy) is 1. The van der Waals surface area contributed by atoms with E-state index in [0.29, 0.717) is 26.3 Å². The number of urea groups is 1. The van der Waals surface area contributed by atoms with E-state index in [4.69, 9.17) is 4.74 Å². The number of piperidine rings is 1. The quantitative estimate of drug-likeness (QED) is 0.799. The second-order valence-electron chi connectivity index (χ2n) is 7.31. The summed E-state index contributed by atoms with van der Waals surface area (Å²) in [4.78, 5) is 19.0. The molecule has 0 N–H and O–H groups in total. The zero-order chi connectivity index (χ0) is 17.2. The van der Waals surface area contributed by atoms with Gasteiger partial charge >= 0.3 is 6.03 Å². The smallest absolute Gasteiger partial charge is 0.320 e. The second-order valence-corrected chi connectivity index (χ2v) is 7.31. The Bertz CT molecular complexity index is 612. The van der Waals surface area contributed by atoms with Gasteiger partial charge in [0.25, 0.3) is 0 Å². The van der Waals surface area contributed by atoms with Crippen LogP contribution in [0.25, 0.3) is 0 Å². The van der Waals surface area contributed by atoms with Gasteiger partial charge in [0.2, 0.25) is 0 Å². The van der Waals surface area contributed by atoms with Gasteiger partial charge in [-0.1, -0.05) is 0 Å². The van der Waals surface area contributed by atoms with Gasteiger partial charge in [-0.15, -0.1) is 10.2 Å². The third kappa shape index (κ3) is 3.50. The maximum atomic E-state index is 12.7. The van der Waals surface area contributed by atoms with Crippen LogP contribution in [0.2, 0.25) is 0 Å². The van der Waals surface area contributed by atoms with Crippen molar-refractivity contribution in [1.82, 2.24) is 29.5 Å². The summed E-state index contributed by atoms with van der Waals surface area (Å²) >= 11 is 0. The topological polar surface area (TPSA) is 66.7 Å². The van der Waals surface area contributed by atoms with Crippen LogP contribution in [0.15, 0.2) is 0 Å². The summed E-state index contributed by atoms with van der Waals surface area (Å²) in [6.45, 7) is 6.56. The van der Waals surface area contributed by atoms with Crippen molar-refractivity contribution >= 4 is 6.03 Å². The summed E-state index contributed by atoms with van der Waals surface area (Å²) in [5.41, 5.74) is 0. The molecule has 138 valence electrons. The zero-order valence-corrected chi connectivity index (χ0v) is 15.1. The van der Waals surface area contributed by atoms with Gasteiger partial charge in [0.1, 0.15) is 11.6 Å². The third-order valence-corrected chi connectivity index (χ3v) is 5.66. The fraction of sp³-hybridized carbons (Fsp3) is 0.824. The lowest BCUT2D eigenvalue weighted by Gasteiger charge is -2.40. The van der Waals surface area contributed by atoms with Crippen LogP contribution in [-0.2, 0) is 24.2 Å². The standard InChI is InChI=1S/C17H28N6O2/c1-20(17(24)22-8-10-25-11-9-22)14-4-2-6-21(12-14)13-16-19-18-15-5-3-7-23(15)16/h14H,2-13H2,1H3. The van der Waals surface area contributed by atoms with Gasteiger partial charge in [-0.2, -0.15) is 0 Å². The number of fused-ring (bicyclic) bond motifs is 1. The van der Waals surface area contributed by atoms with Crippen LogP contribution in [0.1, 0.15) is 30.9 Å². The molecule has 8 nitrogen and oxygen atoms in total. The maximum absolute atomic E-state index is 12.7. The molecule has 1 aromatic rings. The summed E-state index contributed by atoms with van der Waals surface area (Å²) in [6.07, 6.45) is 4.41. The van der Waals surface area contributed by atoms with E-state index in [2.05, 4.69) is 19.7 Å². The van der Waals surface area contributed by atoms with Crippen molar-refractivity contribution in [3.8, 4) is 0 Å². The van der Waals surface area contributed by atoms with Gasteiger partial charge in [-0.25, -0.2) is 4.79 Å². The first-order chi connectivity index (χ1) is 12.2. The third-order valence-electron chi connectivity index (χ3n) is 5.66. The number of hydrogen-bond donors (Lipinski definition) is 0. The second kappa shape index (κ2) is 7.29. The Labute approximate surface area is 148 Å². The fourth-order valence-corrected chi connectivity index (χ4v) is 4.15. The molecular formula is C17H28N6O2. The molecule has 1 atom stereocenters. The van der Waals surface area contributed by atoms with E-state index in [1.54, 1.807) is 0 Å². The Balaban J connectivity index is 1.36. The van der Waals surface area contributed by atoms with Crippen molar-refractivity contribution in [2.24, 2.45) is 0 Å². The Morgan fingerprint density at radius 1 is 1.20 bits per heavy atom. The maximum Gasteiger partial charge on any atom is 0.320 e. The molecule has 1 aromatic heterocycles. The molecule has 0 radical (unpaired) electrons. The van der Waals surface area contributed by atoms with Crippen molar-refractivity contribution in [3.05, 3.63) is 11.6 Å². The van der Waals surface area contributed by atoms with E-state index in [1.807, 2.05) is 16.8 Å². The van der Waals surface area contributed by atoms with E-state index in [-0.39, 0.29) is 12.1 Å². The SMILES string of the molecule is CN(C(=O)N1CCOCC1)C1CCCN(Cc2nnc3n2CCC3)C1. The largest absolute Gasteiger partial charge is 0.378 e. The number of amides is 2. The van der Waals surface area contributed by atoms with E-state index in [1.165, 1.54) is 6.42 Å². The first-order valence-corrected chi connectivity index (χ1v) is 9.45. The van der Waals surface area contributed by atoms with Gasteiger partial charge in [-0.05, 0) is 25.8 Å². The van der Waals surface area contributed by atoms with Crippen LogP contribution in [0.5, 0.6) is 0 Å². The Kier molecular flexibility index (Phi) is 4.89. The molecule has 0 aromatic carbocycles. The van der Waals surface area contributed by atoms with Crippen LogP contribution in [0, 0.1) is 0 Å². The molecule has 3 aliphatic heterocycles. The van der Waals surface area contributed by atoms with Gasteiger partial charge < -0.3 is 19.1 Å². The summed E-state index contributed by atoms with van der Waals surface area (Å²) in [6, 6.07) is 0.406. The lowest BCUT2D eigenvalue weighted by atomic mass is 10.0. The number of carbonyl (C=O) groups is 1. The minimum Gasteiger partial charge on any atom is -0.378 e. The fourth-order valence-electron chi connectivity index (χ4n) is 4.15. The summed E-state index contributed by atoms with van der Waals surface area (Å²) in [7, 11) is 1.95. The minimum atomic E-state index is 0.138. The average molecular weight is 348 g/mol. The molecule has 4 heterocycles. The van der Waals surface area contributed by atoms with Crippen LogP contribution >= 0.6 is 0 Å². The molecule has 3 aliphatic rings. The highest BCUT2D eigenvalue weighted by Crippen LogP contribution is 2.20. The molecule has 8 heteroatoms. The van der Waals surface area contributed by atoms with Crippen molar-refractivity contribution in [2.45, 2.75) is 44.8 Å². The highest BCUT2D eigenvalue weighted by atomic mass is 16.5. The molecule has 1 unspecified atom stereocenters. The van der Waals surface area contributed by atoms with Gasteiger partial charge in [0.15, 0.2) is 0 Å². The van der Waals surface area contributed by atoms with E-state index >= 15 is 0 Å². The number of likely N-dealkylation sites (N-methyl/N-ethyl adjacent to an activating group) is 1. The van der Waals surface area contributed by atoms with Gasteiger partial charge in [0.05, 0.1) is 19.8 Å². The molecule has 4 rings (SSSR count). The summed E-state index contributed by atoms with van der Waals surface area (Å²) in [5.74, 6) is 2.21. The molecule has 25 heavy (non-hydrogen) atoms. The number of hydrogen-bond acceptors (Lipinski definition) is 5. The number of carbonyl (C=O) groups excluding carboxylic acids is 1. The number of likely N-dealkylation sites (tertiary alicyclic amines) is 1.